The first-order valence-electron chi connectivity index (χ1n) is 13.6. The monoisotopic (exact) mass is 644 g/mol. The topological polar surface area (TPSA) is 148 Å². The molecule has 0 bridgehead atoms. The van der Waals surface area contributed by atoms with Gasteiger partial charge in [0.2, 0.25) is 0 Å². The van der Waals surface area contributed by atoms with Gasteiger partial charge in [-0.25, -0.2) is 8.42 Å². The largest absolute Gasteiger partial charge is 1.00 e. The van der Waals surface area contributed by atoms with Gasteiger partial charge in [0.1, 0.15) is 15.8 Å². The summed E-state index contributed by atoms with van der Waals surface area (Å²) in [6.07, 6.45) is 3.02. The Hall–Kier alpha value is -3.24. The van der Waals surface area contributed by atoms with Gasteiger partial charge in [-0.2, -0.15) is 5.26 Å². The van der Waals surface area contributed by atoms with E-state index in [9.17, 15) is 28.1 Å². The maximum absolute atomic E-state index is 13.3. The molecule has 0 spiro atoms. The van der Waals surface area contributed by atoms with Gasteiger partial charge in [-0.05, 0) is 106 Å². The Labute approximate surface area is 284 Å². The Balaban J connectivity index is 0.00000529. The van der Waals surface area contributed by atoms with Crippen molar-refractivity contribution in [2.24, 2.45) is 0 Å². The fourth-order valence-corrected chi connectivity index (χ4v) is 5.90. The molecule has 44 heavy (non-hydrogen) atoms. The van der Waals surface area contributed by atoms with Crippen molar-refractivity contribution in [2.75, 3.05) is 31.6 Å². The molecule has 1 aliphatic heterocycles. The number of benzene rings is 3. The SMILES string of the molecule is Cc1cc(C#N)cc(C(=O)c2cc(Cl)ccc2OCC(=O)Nc2ccc(S(=O)(=O)[N-]C(=O)CN3CCCCC3)cc2C)c1.[Na+]. The number of hydrogen-bond acceptors (Lipinski definition) is 8. The second kappa shape index (κ2) is 15.7. The summed E-state index contributed by atoms with van der Waals surface area (Å²) < 4.78 is 34.6. The summed E-state index contributed by atoms with van der Waals surface area (Å²) in [5, 5.41) is 12.2. The van der Waals surface area contributed by atoms with Gasteiger partial charge in [0, 0.05) is 22.8 Å². The minimum Gasteiger partial charge on any atom is -0.541 e. The molecule has 0 saturated carbocycles. The summed E-state index contributed by atoms with van der Waals surface area (Å²) in [5.41, 5.74) is 2.24. The maximum Gasteiger partial charge on any atom is 1.00 e. The molecule has 3 aromatic carbocycles. The molecular weight excluding hydrogens is 615 g/mol. The second-order valence-electron chi connectivity index (χ2n) is 10.3. The van der Waals surface area contributed by atoms with Crippen molar-refractivity contribution >= 4 is 44.9 Å². The molecule has 1 heterocycles. The summed E-state index contributed by atoms with van der Waals surface area (Å²) in [7, 11) is -4.22. The number of nitrogens with zero attached hydrogens (tertiary/aromatic N) is 3. The summed E-state index contributed by atoms with van der Waals surface area (Å²) in [6.45, 7) is 4.36. The van der Waals surface area contributed by atoms with Crippen LogP contribution >= 0.6 is 11.6 Å². The van der Waals surface area contributed by atoms with E-state index < -0.39 is 34.2 Å². The van der Waals surface area contributed by atoms with Crippen LogP contribution < -0.4 is 39.6 Å². The fraction of sp³-hybridized carbons (Fsp3) is 0.290. The third kappa shape index (κ3) is 9.38. The average Bonchev–Trinajstić information content (AvgIpc) is 2.96. The molecule has 0 atom stereocenters. The van der Waals surface area contributed by atoms with E-state index in [4.69, 9.17) is 16.3 Å². The molecule has 2 amide bonds. The van der Waals surface area contributed by atoms with Crippen LogP contribution in [0.25, 0.3) is 4.72 Å². The molecule has 10 nitrogen and oxygen atoms in total. The van der Waals surface area contributed by atoms with Crippen LogP contribution in [0.5, 0.6) is 5.75 Å². The number of likely N-dealkylation sites (tertiary alicyclic amines) is 1. The molecule has 3 aromatic rings. The third-order valence-electron chi connectivity index (χ3n) is 6.81. The second-order valence-corrected chi connectivity index (χ2v) is 12.3. The van der Waals surface area contributed by atoms with Crippen LogP contribution in [-0.2, 0) is 19.6 Å². The molecular formula is C31H30ClN4NaO6S. The minimum absolute atomic E-state index is 0. The van der Waals surface area contributed by atoms with Crippen molar-refractivity contribution in [1.82, 2.24) is 4.90 Å². The minimum atomic E-state index is -4.22. The molecule has 1 N–H and O–H groups in total. The number of carbonyl (C=O) groups excluding carboxylic acids is 3. The van der Waals surface area contributed by atoms with Crippen LogP contribution in [0.1, 0.15) is 51.9 Å². The van der Waals surface area contributed by atoms with E-state index in [1.807, 2.05) is 11.0 Å². The first kappa shape index (κ1) is 35.2. The number of halogens is 1. The number of piperidine rings is 1. The zero-order chi connectivity index (χ0) is 31.1. The van der Waals surface area contributed by atoms with Crippen LogP contribution in [0.4, 0.5) is 5.69 Å². The molecule has 0 aliphatic carbocycles. The fourth-order valence-electron chi connectivity index (χ4n) is 4.73. The molecule has 4 rings (SSSR count). The predicted molar refractivity (Wildman–Crippen MR) is 162 cm³/mol. The van der Waals surface area contributed by atoms with Gasteiger partial charge in [-0.3, -0.25) is 14.5 Å². The number of nitriles is 1. The Morgan fingerprint density at radius 1 is 1.02 bits per heavy atom. The van der Waals surface area contributed by atoms with Gasteiger partial charge in [0.05, 0.1) is 28.0 Å². The summed E-state index contributed by atoms with van der Waals surface area (Å²) >= 11 is 6.13. The zero-order valence-electron chi connectivity index (χ0n) is 24.7. The third-order valence-corrected chi connectivity index (χ3v) is 8.34. The Morgan fingerprint density at radius 2 is 1.75 bits per heavy atom. The summed E-state index contributed by atoms with van der Waals surface area (Å²) in [4.78, 5) is 40.0. The smallest absolute Gasteiger partial charge is 0.541 e. The van der Waals surface area contributed by atoms with Crippen molar-refractivity contribution in [3.05, 3.63) is 92.2 Å². The number of aryl methyl sites for hydroxylation is 2. The van der Waals surface area contributed by atoms with Gasteiger partial charge < -0.3 is 19.6 Å². The standard InChI is InChI=1S/C31H31ClN4O6S.Na/c1-20-12-22(17-33)15-23(13-20)31(39)26-16-24(32)6-9-28(26)42-19-30(38)34-27-8-7-25(14-21(27)2)43(40,41)35-29(37)18-36-10-4-3-5-11-36;/h6-9,12-16H,3-5,10-11,18-19H2,1-2H3,(H2,34,35,37,38);/q;+1/p-1. The van der Waals surface area contributed by atoms with Crippen LogP contribution in [0.3, 0.4) is 0 Å². The van der Waals surface area contributed by atoms with E-state index in [1.54, 1.807) is 26.0 Å². The average molecular weight is 645 g/mol. The van der Waals surface area contributed by atoms with Gasteiger partial charge in [-0.15, -0.1) is 0 Å². The van der Waals surface area contributed by atoms with Crippen molar-refractivity contribution in [3.8, 4) is 11.8 Å². The normalized spacial score (nSPS) is 13.2. The van der Waals surface area contributed by atoms with Crippen LogP contribution in [0, 0.1) is 25.2 Å². The Bertz CT molecular complexity index is 1720. The number of anilines is 1. The van der Waals surface area contributed by atoms with E-state index >= 15 is 0 Å². The van der Waals surface area contributed by atoms with E-state index in [-0.39, 0.29) is 57.9 Å². The molecule has 0 radical (unpaired) electrons. The van der Waals surface area contributed by atoms with Gasteiger partial charge in [-0.1, -0.05) is 18.0 Å². The number of nitrogens with one attached hydrogen (secondary N) is 1. The van der Waals surface area contributed by atoms with Crippen molar-refractivity contribution < 1.29 is 57.1 Å². The predicted octanol–water partition coefficient (Wildman–Crippen LogP) is 2.16. The molecule has 13 heteroatoms. The number of ketones is 1. The zero-order valence-corrected chi connectivity index (χ0v) is 28.3. The summed E-state index contributed by atoms with van der Waals surface area (Å²) in [5.74, 6) is -1.58. The van der Waals surface area contributed by atoms with E-state index in [1.165, 1.54) is 42.5 Å². The number of carbonyl (C=O) groups is 3. The van der Waals surface area contributed by atoms with E-state index in [0.29, 0.717) is 21.8 Å². The van der Waals surface area contributed by atoms with E-state index in [0.717, 1.165) is 37.9 Å². The van der Waals surface area contributed by atoms with Crippen LogP contribution in [-0.4, -0.2) is 57.2 Å². The number of hydrogen-bond donors (Lipinski definition) is 1. The molecule has 1 aliphatic rings. The molecule has 1 saturated heterocycles. The first-order valence-corrected chi connectivity index (χ1v) is 15.4. The molecule has 224 valence electrons. The summed E-state index contributed by atoms with van der Waals surface area (Å²) in [6, 6.07) is 15.2. The van der Waals surface area contributed by atoms with Gasteiger partial charge in [0.25, 0.3) is 5.91 Å². The quantitative estimate of drug-likeness (QED) is 0.261. The Kier molecular flexibility index (Phi) is 12.5. The maximum atomic E-state index is 13.3. The number of sulfonamides is 1. The number of amides is 2. The van der Waals surface area contributed by atoms with Crippen LogP contribution in [0.15, 0.2) is 59.5 Å². The Morgan fingerprint density at radius 3 is 2.43 bits per heavy atom. The van der Waals surface area contributed by atoms with Crippen LogP contribution in [0.2, 0.25) is 5.02 Å². The number of ether oxygens (including phenoxy) is 1. The van der Waals surface area contributed by atoms with Crippen molar-refractivity contribution in [3.63, 3.8) is 0 Å². The number of rotatable bonds is 10. The molecule has 1 fully saturated rings. The van der Waals surface area contributed by atoms with Crippen molar-refractivity contribution in [1.29, 1.82) is 5.26 Å². The van der Waals surface area contributed by atoms with E-state index in [2.05, 4.69) is 10.0 Å². The molecule has 0 aromatic heterocycles. The molecule has 0 unspecified atom stereocenters. The van der Waals surface area contributed by atoms with Gasteiger partial charge in [0.15, 0.2) is 12.4 Å². The first-order chi connectivity index (χ1) is 20.4. The van der Waals surface area contributed by atoms with Crippen molar-refractivity contribution in [2.45, 2.75) is 38.0 Å². The van der Waals surface area contributed by atoms with Gasteiger partial charge >= 0.3 is 29.6 Å².